The Hall–Kier alpha value is -3.08. The van der Waals surface area contributed by atoms with E-state index in [1.807, 2.05) is 41.8 Å². The number of hydrogen-bond acceptors (Lipinski definition) is 4. The number of aliphatic hydroxyl groups is 1. The van der Waals surface area contributed by atoms with Crippen LogP contribution in [-0.4, -0.2) is 39.5 Å². The maximum Gasteiger partial charge on any atom is 0.415 e. The fourth-order valence-electron chi connectivity index (χ4n) is 5.43. The van der Waals surface area contributed by atoms with Crippen molar-refractivity contribution in [2.24, 2.45) is 5.41 Å². The molecule has 33 heavy (non-hydrogen) atoms. The Morgan fingerprint density at radius 3 is 2.88 bits per heavy atom. The summed E-state index contributed by atoms with van der Waals surface area (Å²) in [6.07, 6.45) is 4.30. The van der Waals surface area contributed by atoms with Crippen molar-refractivity contribution in [2.75, 3.05) is 18.1 Å². The van der Waals surface area contributed by atoms with Gasteiger partial charge in [0.15, 0.2) is 5.69 Å². The highest BCUT2D eigenvalue weighted by molar-refractivity contribution is 6.33. The van der Waals surface area contributed by atoms with E-state index in [0.717, 1.165) is 35.9 Å². The number of halogens is 1. The molecule has 1 amide bonds. The molecule has 1 N–H and O–H groups in total. The smallest absolute Gasteiger partial charge is 0.415 e. The predicted octanol–water partition coefficient (Wildman–Crippen LogP) is 5.50. The number of fused-ring (bicyclic) bond motifs is 1. The largest absolute Gasteiger partial charge is 0.441 e. The van der Waals surface area contributed by atoms with Crippen LogP contribution in [0.1, 0.15) is 31.2 Å². The number of benzene rings is 2. The van der Waals surface area contributed by atoms with Crippen LogP contribution in [0.2, 0.25) is 5.02 Å². The average Bonchev–Trinajstić information content (AvgIpc) is 3.33. The van der Waals surface area contributed by atoms with Crippen LogP contribution in [0.3, 0.4) is 0 Å². The molecule has 8 heteroatoms. The van der Waals surface area contributed by atoms with E-state index in [4.69, 9.17) is 22.9 Å². The molecule has 1 spiro atoms. The third kappa shape index (κ3) is 3.84. The van der Waals surface area contributed by atoms with Crippen molar-refractivity contribution >= 4 is 40.1 Å². The number of carbonyl (C=O) groups is 1. The van der Waals surface area contributed by atoms with Crippen molar-refractivity contribution < 1.29 is 14.6 Å². The highest BCUT2D eigenvalue weighted by Crippen LogP contribution is 2.48. The second-order valence-corrected chi connectivity index (χ2v) is 9.84. The van der Waals surface area contributed by atoms with Crippen LogP contribution in [0.25, 0.3) is 15.9 Å². The van der Waals surface area contributed by atoms with E-state index in [1.165, 1.54) is 0 Å². The molecule has 7 nitrogen and oxygen atoms in total. The average molecular weight is 465 g/mol. The molecule has 3 aromatic rings. The number of nitrogens with zero attached hydrogens (tertiary/aromatic N) is 4. The number of aliphatic hydroxyl groups excluding tert-OH is 1. The molecule has 1 aliphatic carbocycles. The van der Waals surface area contributed by atoms with Gasteiger partial charge in [0.2, 0.25) is 0 Å². The van der Waals surface area contributed by atoms with Crippen molar-refractivity contribution in [1.82, 2.24) is 9.55 Å². The fourth-order valence-corrected chi connectivity index (χ4v) is 5.77. The third-order valence-electron chi connectivity index (χ3n) is 6.98. The number of carbonyl (C=O) groups excluding carboxylic acids is 1. The summed E-state index contributed by atoms with van der Waals surface area (Å²) in [5, 5.41) is 11.0. The minimum atomic E-state index is -0.676. The Morgan fingerprint density at radius 2 is 2.12 bits per heavy atom. The number of rotatable bonds is 4. The maximum absolute atomic E-state index is 12.9. The lowest BCUT2D eigenvalue weighted by Crippen LogP contribution is -2.47. The molecule has 2 aliphatic rings. The van der Waals surface area contributed by atoms with Gasteiger partial charge in [-0.15, -0.1) is 0 Å². The molecule has 1 saturated heterocycles. The zero-order chi connectivity index (χ0) is 23.2. The molecule has 2 aromatic carbocycles. The Balaban J connectivity index is 1.43. The van der Waals surface area contributed by atoms with Crippen LogP contribution in [0.5, 0.6) is 0 Å². The van der Waals surface area contributed by atoms with Gasteiger partial charge >= 0.3 is 6.09 Å². The molecule has 5 rings (SSSR count). The van der Waals surface area contributed by atoms with Gasteiger partial charge in [-0.05, 0) is 62.4 Å². The molecular weight excluding hydrogens is 440 g/mol. The normalized spacial score (nSPS) is 24.9. The Kier molecular flexibility index (Phi) is 5.31. The van der Waals surface area contributed by atoms with Gasteiger partial charge in [-0.1, -0.05) is 23.7 Å². The molecule has 170 valence electrons. The van der Waals surface area contributed by atoms with Gasteiger partial charge in [0.1, 0.15) is 5.60 Å². The van der Waals surface area contributed by atoms with Crippen molar-refractivity contribution in [1.29, 1.82) is 0 Å². The zero-order valence-corrected chi connectivity index (χ0v) is 19.2. The van der Waals surface area contributed by atoms with Gasteiger partial charge in [0.25, 0.3) is 0 Å². The van der Waals surface area contributed by atoms with Crippen LogP contribution in [0.15, 0.2) is 42.7 Å². The minimum absolute atomic E-state index is 0.0280. The molecule has 0 radical (unpaired) electrons. The van der Waals surface area contributed by atoms with E-state index < -0.39 is 17.1 Å². The standard InChI is InChI=1S/C25H25ClN4O3/c1-17-4-7-21(19(26)10-17)30-14-25(33-23(30)32)9-3-8-24(12-25,15-31)13-29-16-28-20-6-5-18(27-2)11-22(20)29/h4-7,10-11,16,31H,3,8-9,12-15H2,1H3/t24-,25?/m1/s1. The first-order chi connectivity index (χ1) is 15.9. The summed E-state index contributed by atoms with van der Waals surface area (Å²) in [6.45, 7) is 10.2. The van der Waals surface area contributed by atoms with E-state index in [-0.39, 0.29) is 6.61 Å². The number of ether oxygens (including phenoxy) is 1. The highest BCUT2D eigenvalue weighted by atomic mass is 35.5. The van der Waals surface area contributed by atoms with E-state index in [2.05, 4.69) is 9.83 Å². The van der Waals surface area contributed by atoms with E-state index in [1.54, 1.807) is 17.3 Å². The number of aryl methyl sites for hydroxylation is 1. The van der Waals surface area contributed by atoms with Crippen LogP contribution in [-0.2, 0) is 11.3 Å². The number of hydrogen-bond donors (Lipinski definition) is 1. The summed E-state index contributed by atoms with van der Waals surface area (Å²) >= 11 is 6.44. The molecule has 2 atom stereocenters. The molecule has 2 heterocycles. The fraction of sp³-hybridized carbons (Fsp3) is 0.400. The van der Waals surface area contributed by atoms with Crippen LogP contribution in [0, 0.1) is 18.9 Å². The third-order valence-corrected chi connectivity index (χ3v) is 7.28. The Labute approximate surface area is 197 Å². The van der Waals surface area contributed by atoms with Crippen molar-refractivity contribution in [3.63, 3.8) is 0 Å². The summed E-state index contributed by atoms with van der Waals surface area (Å²) in [6, 6.07) is 11.1. The topological polar surface area (TPSA) is 72.0 Å². The second kappa shape index (κ2) is 8.05. The van der Waals surface area contributed by atoms with E-state index in [0.29, 0.717) is 35.9 Å². The molecule has 1 saturated carbocycles. The molecule has 1 aliphatic heterocycles. The minimum Gasteiger partial charge on any atom is -0.441 e. The molecule has 1 aromatic heterocycles. The summed E-state index contributed by atoms with van der Waals surface area (Å²) in [5.41, 5.74) is 2.77. The van der Waals surface area contributed by atoms with Gasteiger partial charge < -0.3 is 14.4 Å². The lowest BCUT2D eigenvalue weighted by molar-refractivity contribution is -0.0541. The predicted molar refractivity (Wildman–Crippen MR) is 127 cm³/mol. The second-order valence-electron chi connectivity index (χ2n) is 9.44. The number of imidazole rings is 1. The first kappa shape index (κ1) is 21.7. The lowest BCUT2D eigenvalue weighted by Gasteiger charge is -2.44. The van der Waals surface area contributed by atoms with Crippen molar-refractivity contribution in [3.05, 3.63) is 64.7 Å². The summed E-state index contributed by atoms with van der Waals surface area (Å²) in [7, 11) is 0. The zero-order valence-electron chi connectivity index (χ0n) is 18.4. The first-order valence-electron chi connectivity index (χ1n) is 11.1. The molecule has 1 unspecified atom stereocenters. The van der Waals surface area contributed by atoms with Crippen LogP contribution < -0.4 is 4.90 Å². The Morgan fingerprint density at radius 1 is 1.27 bits per heavy atom. The number of aromatic nitrogens is 2. The Bertz CT molecular complexity index is 1280. The SMILES string of the molecule is [C-]#[N+]c1ccc2ncn(C[C@@]3(CO)CCCC4(CN(c5ccc(C)cc5Cl)C(=O)O4)C3)c2c1. The van der Waals surface area contributed by atoms with E-state index >= 15 is 0 Å². The van der Waals surface area contributed by atoms with Gasteiger partial charge in [0, 0.05) is 12.0 Å². The summed E-state index contributed by atoms with van der Waals surface area (Å²) in [4.78, 5) is 22.5. The number of anilines is 1. The van der Waals surface area contributed by atoms with Gasteiger partial charge in [-0.2, -0.15) is 0 Å². The molecular formula is C25H25ClN4O3. The summed E-state index contributed by atoms with van der Waals surface area (Å²) < 4.78 is 8.00. The monoisotopic (exact) mass is 464 g/mol. The van der Waals surface area contributed by atoms with Crippen LogP contribution >= 0.6 is 11.6 Å². The van der Waals surface area contributed by atoms with E-state index in [9.17, 15) is 9.90 Å². The van der Waals surface area contributed by atoms with Gasteiger partial charge in [-0.3, -0.25) is 4.90 Å². The quantitative estimate of drug-likeness (QED) is 0.518. The van der Waals surface area contributed by atoms with Crippen molar-refractivity contribution in [3.8, 4) is 0 Å². The molecule has 2 fully saturated rings. The first-order valence-corrected chi connectivity index (χ1v) is 11.4. The van der Waals surface area contributed by atoms with Gasteiger partial charge in [-0.25, -0.2) is 14.6 Å². The van der Waals surface area contributed by atoms with Crippen molar-refractivity contribution in [2.45, 2.75) is 44.8 Å². The lowest BCUT2D eigenvalue weighted by atomic mass is 9.67. The molecule has 0 bridgehead atoms. The number of amides is 1. The highest BCUT2D eigenvalue weighted by Gasteiger charge is 2.53. The van der Waals surface area contributed by atoms with Crippen LogP contribution in [0.4, 0.5) is 16.2 Å². The van der Waals surface area contributed by atoms with Gasteiger partial charge in [0.05, 0.1) is 47.8 Å². The summed E-state index contributed by atoms with van der Waals surface area (Å²) in [5.74, 6) is 0. The maximum atomic E-state index is 12.9.